The third-order valence-corrected chi connectivity index (χ3v) is 4.92. The van der Waals surface area contributed by atoms with Crippen LogP contribution in [0.25, 0.3) is 0 Å². The van der Waals surface area contributed by atoms with Crippen LogP contribution in [0, 0.1) is 11.3 Å². The molecule has 0 saturated carbocycles. The van der Waals surface area contributed by atoms with Gasteiger partial charge in [0.05, 0.1) is 47.2 Å². The Morgan fingerprint density at radius 3 is 2.57 bits per heavy atom. The Morgan fingerprint density at radius 2 is 2.05 bits per heavy atom. The number of nitriles is 1. The maximum absolute atomic E-state index is 11.0. The van der Waals surface area contributed by atoms with Crippen molar-refractivity contribution in [3.63, 3.8) is 0 Å². The first kappa shape index (κ1) is 14.6. The van der Waals surface area contributed by atoms with Gasteiger partial charge in [0.1, 0.15) is 0 Å². The van der Waals surface area contributed by atoms with E-state index >= 15 is 0 Å². The number of nitrogens with two attached hydrogens (primary N) is 1. The second kappa shape index (κ2) is 5.47. The molecule has 2 aliphatic heterocycles. The zero-order chi connectivity index (χ0) is 15.0. The summed E-state index contributed by atoms with van der Waals surface area (Å²) in [5, 5.41) is 20.4. The lowest BCUT2D eigenvalue weighted by molar-refractivity contribution is -0.101. The number of rotatable bonds is 2. The fourth-order valence-corrected chi connectivity index (χ4v) is 3.30. The Morgan fingerprint density at radius 1 is 1.38 bits per heavy atom. The van der Waals surface area contributed by atoms with E-state index in [-0.39, 0.29) is 0 Å². The number of anilines is 1. The average Bonchev–Trinajstić information content (AvgIpc) is 2.42. The highest BCUT2D eigenvalue weighted by molar-refractivity contribution is 6.34. The van der Waals surface area contributed by atoms with Gasteiger partial charge in [0.2, 0.25) is 0 Å². The minimum Gasteiger partial charge on any atom is -0.397 e. The molecule has 3 N–H and O–H groups in total. The Balaban J connectivity index is 1.83. The Bertz CT molecular complexity index is 587. The average molecular weight is 308 g/mol. The number of halogens is 1. The summed E-state index contributed by atoms with van der Waals surface area (Å²) in [6.45, 7) is 3.13. The fraction of sp³-hybridized carbons (Fsp3) is 0.533. The molecule has 112 valence electrons. The van der Waals surface area contributed by atoms with Crippen molar-refractivity contribution in [2.24, 2.45) is 0 Å². The van der Waals surface area contributed by atoms with Gasteiger partial charge in [-0.25, -0.2) is 0 Å². The largest absolute Gasteiger partial charge is 0.397 e. The van der Waals surface area contributed by atoms with Gasteiger partial charge in [-0.1, -0.05) is 11.6 Å². The van der Waals surface area contributed by atoms with Crippen LogP contribution < -0.4 is 5.73 Å². The van der Waals surface area contributed by atoms with Crippen molar-refractivity contribution < 1.29 is 9.84 Å². The van der Waals surface area contributed by atoms with Crippen LogP contribution in [0.3, 0.4) is 0 Å². The smallest absolute Gasteiger partial charge is 0.0992 e. The summed E-state index contributed by atoms with van der Waals surface area (Å²) in [6, 6.07) is 5.72. The van der Waals surface area contributed by atoms with Gasteiger partial charge in [0, 0.05) is 18.7 Å². The molecule has 0 spiro atoms. The molecule has 0 aromatic heterocycles. The number of piperidine rings is 1. The summed E-state index contributed by atoms with van der Waals surface area (Å²) in [6.07, 6.45) is 1.16. The zero-order valence-corrected chi connectivity index (χ0v) is 12.4. The van der Waals surface area contributed by atoms with E-state index in [0.717, 1.165) is 26.3 Å². The molecule has 3 rings (SSSR count). The number of likely N-dealkylation sites (tertiary alicyclic amines) is 1. The van der Waals surface area contributed by atoms with Crippen molar-refractivity contribution in [1.29, 1.82) is 5.26 Å². The highest BCUT2D eigenvalue weighted by Gasteiger charge is 2.39. The number of benzene rings is 1. The van der Waals surface area contributed by atoms with Gasteiger partial charge < -0.3 is 15.6 Å². The molecule has 0 amide bonds. The number of aliphatic hydroxyl groups is 1. The quantitative estimate of drug-likeness (QED) is 0.809. The highest BCUT2D eigenvalue weighted by Crippen LogP contribution is 2.40. The Labute approximate surface area is 128 Å². The van der Waals surface area contributed by atoms with E-state index in [0.29, 0.717) is 40.7 Å². The molecule has 2 heterocycles. The zero-order valence-electron chi connectivity index (χ0n) is 11.7. The number of hydrogen-bond donors (Lipinski definition) is 2. The van der Waals surface area contributed by atoms with Gasteiger partial charge in [0.25, 0.3) is 0 Å². The Kier molecular flexibility index (Phi) is 3.80. The summed E-state index contributed by atoms with van der Waals surface area (Å²) >= 11 is 6.25. The van der Waals surface area contributed by atoms with Crippen molar-refractivity contribution in [2.75, 3.05) is 32.0 Å². The van der Waals surface area contributed by atoms with Gasteiger partial charge in [-0.15, -0.1) is 0 Å². The second-order valence-corrected chi connectivity index (χ2v) is 6.18. The van der Waals surface area contributed by atoms with Crippen LogP contribution in [0.15, 0.2) is 12.1 Å². The van der Waals surface area contributed by atoms with Gasteiger partial charge in [-0.2, -0.15) is 5.26 Å². The van der Waals surface area contributed by atoms with Crippen molar-refractivity contribution in [3.05, 3.63) is 28.3 Å². The molecule has 2 saturated heterocycles. The predicted octanol–water partition coefficient (Wildman–Crippen LogP) is 1.48. The van der Waals surface area contributed by atoms with Gasteiger partial charge in [-0.05, 0) is 25.0 Å². The first-order valence-corrected chi connectivity index (χ1v) is 7.45. The van der Waals surface area contributed by atoms with Crippen molar-refractivity contribution >= 4 is 17.3 Å². The molecule has 0 radical (unpaired) electrons. The molecule has 0 unspecified atom stereocenters. The summed E-state index contributed by atoms with van der Waals surface area (Å²) in [5.74, 6) is 0. The SMILES string of the molecule is N#Cc1cc(N)c(Cl)c(C2(O)CCN(C3COC3)CC2)c1. The second-order valence-electron chi connectivity index (χ2n) is 5.80. The maximum Gasteiger partial charge on any atom is 0.0992 e. The maximum atomic E-state index is 11.0. The van der Waals surface area contributed by atoms with E-state index < -0.39 is 5.60 Å². The molecule has 1 aromatic carbocycles. The van der Waals surface area contributed by atoms with Crippen LogP contribution in [0.4, 0.5) is 5.69 Å². The lowest BCUT2D eigenvalue weighted by atomic mass is 9.83. The first-order valence-electron chi connectivity index (χ1n) is 7.07. The molecule has 21 heavy (non-hydrogen) atoms. The normalized spacial score (nSPS) is 22.5. The third-order valence-electron chi connectivity index (χ3n) is 4.49. The van der Waals surface area contributed by atoms with Crippen LogP contribution >= 0.6 is 11.6 Å². The fourth-order valence-electron chi connectivity index (χ4n) is 3.01. The molecule has 6 heteroatoms. The van der Waals surface area contributed by atoms with Crippen molar-refractivity contribution in [2.45, 2.75) is 24.5 Å². The topological polar surface area (TPSA) is 82.5 Å². The molecule has 0 atom stereocenters. The standard InChI is InChI=1S/C15H18ClN3O2/c16-14-12(5-10(7-17)6-13(14)18)15(20)1-3-19(4-2-15)11-8-21-9-11/h5-6,11,20H,1-4,8-9,18H2. The van der Waals surface area contributed by atoms with Gasteiger partial charge in [-0.3, -0.25) is 4.90 Å². The predicted molar refractivity (Wildman–Crippen MR) is 79.9 cm³/mol. The van der Waals surface area contributed by atoms with E-state index in [2.05, 4.69) is 11.0 Å². The molecule has 2 aliphatic rings. The highest BCUT2D eigenvalue weighted by atomic mass is 35.5. The van der Waals surface area contributed by atoms with E-state index in [1.165, 1.54) is 6.07 Å². The number of nitrogens with zero attached hydrogens (tertiary/aromatic N) is 2. The lowest BCUT2D eigenvalue weighted by Crippen LogP contribution is -2.54. The number of hydrogen-bond acceptors (Lipinski definition) is 5. The van der Waals surface area contributed by atoms with Gasteiger partial charge >= 0.3 is 0 Å². The van der Waals surface area contributed by atoms with Crippen LogP contribution in [-0.2, 0) is 10.3 Å². The first-order chi connectivity index (χ1) is 10.0. The molecular formula is C15H18ClN3O2. The summed E-state index contributed by atoms with van der Waals surface area (Å²) in [4.78, 5) is 2.34. The van der Waals surface area contributed by atoms with E-state index in [4.69, 9.17) is 27.3 Å². The monoisotopic (exact) mass is 307 g/mol. The Hall–Kier alpha value is -1.32. The molecular weight excluding hydrogens is 290 g/mol. The summed E-state index contributed by atoms with van der Waals surface area (Å²) in [7, 11) is 0. The number of ether oxygens (including phenoxy) is 1. The minimum absolute atomic E-state index is 0.342. The lowest BCUT2D eigenvalue weighted by Gasteiger charge is -2.44. The third kappa shape index (κ3) is 2.60. The van der Waals surface area contributed by atoms with Crippen LogP contribution in [0.2, 0.25) is 5.02 Å². The van der Waals surface area contributed by atoms with E-state index in [9.17, 15) is 5.11 Å². The van der Waals surface area contributed by atoms with Crippen LogP contribution in [-0.4, -0.2) is 42.4 Å². The molecule has 5 nitrogen and oxygen atoms in total. The summed E-state index contributed by atoms with van der Waals surface area (Å²) in [5.41, 5.74) is 6.17. The van der Waals surface area contributed by atoms with Crippen molar-refractivity contribution in [3.8, 4) is 6.07 Å². The molecule has 2 fully saturated rings. The molecule has 0 bridgehead atoms. The minimum atomic E-state index is -1.01. The summed E-state index contributed by atoms with van der Waals surface area (Å²) < 4.78 is 5.21. The number of nitrogen functional groups attached to an aromatic ring is 1. The molecule has 1 aromatic rings. The van der Waals surface area contributed by atoms with Crippen LogP contribution in [0.1, 0.15) is 24.0 Å². The van der Waals surface area contributed by atoms with E-state index in [1.54, 1.807) is 6.07 Å². The molecule has 0 aliphatic carbocycles. The van der Waals surface area contributed by atoms with Crippen molar-refractivity contribution in [1.82, 2.24) is 4.90 Å². The van der Waals surface area contributed by atoms with Gasteiger partial charge in [0.15, 0.2) is 0 Å². The van der Waals surface area contributed by atoms with Crippen LogP contribution in [0.5, 0.6) is 0 Å². The van der Waals surface area contributed by atoms with E-state index in [1.807, 2.05) is 0 Å².